The lowest BCUT2D eigenvalue weighted by atomic mass is 9.54. The number of aliphatic hydroxyl groups is 1. The van der Waals surface area contributed by atoms with Gasteiger partial charge in [0, 0.05) is 6.61 Å². The quantitative estimate of drug-likeness (QED) is 0.625. The minimum atomic E-state index is 0.378. The van der Waals surface area contributed by atoms with Crippen molar-refractivity contribution < 1.29 is 5.11 Å². The molecule has 2 atom stereocenters. The van der Waals surface area contributed by atoms with Crippen LogP contribution in [-0.2, 0) is 0 Å². The van der Waals surface area contributed by atoms with Gasteiger partial charge < -0.3 is 5.11 Å². The van der Waals surface area contributed by atoms with Gasteiger partial charge in [-0.1, -0.05) is 27.2 Å². The van der Waals surface area contributed by atoms with Gasteiger partial charge in [0.1, 0.15) is 0 Å². The van der Waals surface area contributed by atoms with Crippen molar-refractivity contribution in [1.82, 2.24) is 0 Å². The maximum atomic E-state index is 8.93. The van der Waals surface area contributed by atoms with Gasteiger partial charge in [-0.25, -0.2) is 0 Å². The van der Waals surface area contributed by atoms with Gasteiger partial charge in [-0.05, 0) is 23.7 Å². The highest BCUT2D eigenvalue weighted by Gasteiger charge is 2.45. The lowest BCUT2D eigenvalue weighted by Gasteiger charge is -2.51. The number of rotatable bonds is 2. The van der Waals surface area contributed by atoms with E-state index in [1.165, 1.54) is 12.8 Å². The van der Waals surface area contributed by atoms with E-state index < -0.39 is 0 Å². The third-order valence-corrected chi connectivity index (χ3v) is 3.39. The third kappa shape index (κ3) is 0.968. The topological polar surface area (TPSA) is 20.2 Å². The van der Waals surface area contributed by atoms with Gasteiger partial charge in [-0.2, -0.15) is 0 Å². The second-order valence-corrected chi connectivity index (χ2v) is 4.04. The molecule has 0 amide bonds. The summed E-state index contributed by atoms with van der Waals surface area (Å²) >= 11 is 0. The fraction of sp³-hybridized carbons (Fsp3) is 1.00. The average Bonchev–Trinajstić information content (AvgIpc) is 1.88. The van der Waals surface area contributed by atoms with Crippen LogP contribution >= 0.6 is 0 Å². The van der Waals surface area contributed by atoms with Gasteiger partial charge >= 0.3 is 0 Å². The minimum absolute atomic E-state index is 0.378. The number of aliphatic hydroxyl groups excluding tert-OH is 1. The van der Waals surface area contributed by atoms with Crippen LogP contribution in [0.4, 0.5) is 0 Å². The first-order chi connectivity index (χ1) is 4.62. The molecule has 0 bridgehead atoms. The Morgan fingerprint density at radius 2 is 2.00 bits per heavy atom. The summed E-state index contributed by atoms with van der Waals surface area (Å²) in [6, 6.07) is 0. The summed E-state index contributed by atoms with van der Waals surface area (Å²) in [5, 5.41) is 8.93. The molecule has 0 aromatic carbocycles. The fourth-order valence-electron chi connectivity index (χ4n) is 2.13. The zero-order chi connectivity index (χ0) is 7.78. The standard InChI is InChI=1S/C9H18O/c1-4-7-5-8(6-10)9(7,2)3/h7-8,10H,4-6H2,1-3H3. The van der Waals surface area contributed by atoms with E-state index in [0.717, 1.165) is 5.92 Å². The molecule has 1 saturated carbocycles. The van der Waals surface area contributed by atoms with Crippen LogP contribution in [0.2, 0.25) is 0 Å². The largest absolute Gasteiger partial charge is 0.396 e. The molecule has 1 fully saturated rings. The first-order valence-corrected chi connectivity index (χ1v) is 4.23. The van der Waals surface area contributed by atoms with Crippen molar-refractivity contribution in [2.45, 2.75) is 33.6 Å². The molecule has 0 spiro atoms. The highest BCUT2D eigenvalue weighted by atomic mass is 16.3. The summed E-state index contributed by atoms with van der Waals surface area (Å²) in [7, 11) is 0. The van der Waals surface area contributed by atoms with Gasteiger partial charge in [-0.3, -0.25) is 0 Å². The number of hydrogen-bond acceptors (Lipinski definition) is 1. The Bertz CT molecular complexity index is 106. The Morgan fingerprint density at radius 1 is 1.40 bits per heavy atom. The molecular formula is C9H18O. The van der Waals surface area contributed by atoms with Crippen LogP contribution in [0.1, 0.15) is 33.6 Å². The first kappa shape index (κ1) is 8.06. The zero-order valence-electron chi connectivity index (χ0n) is 7.22. The molecule has 1 nitrogen and oxygen atoms in total. The predicted molar refractivity (Wildman–Crippen MR) is 42.8 cm³/mol. The van der Waals surface area contributed by atoms with Crippen LogP contribution in [0.3, 0.4) is 0 Å². The van der Waals surface area contributed by atoms with Gasteiger partial charge in [-0.15, -0.1) is 0 Å². The van der Waals surface area contributed by atoms with E-state index in [9.17, 15) is 0 Å². The van der Waals surface area contributed by atoms with Crippen LogP contribution in [0, 0.1) is 17.3 Å². The van der Waals surface area contributed by atoms with Crippen molar-refractivity contribution in [2.24, 2.45) is 17.3 Å². The molecule has 1 aliphatic carbocycles. The lowest BCUT2D eigenvalue weighted by molar-refractivity contribution is -0.0530. The van der Waals surface area contributed by atoms with Gasteiger partial charge in [0.2, 0.25) is 0 Å². The maximum Gasteiger partial charge on any atom is 0.0464 e. The summed E-state index contributed by atoms with van der Waals surface area (Å²) in [5.41, 5.74) is 0.406. The summed E-state index contributed by atoms with van der Waals surface area (Å²) in [4.78, 5) is 0. The third-order valence-electron chi connectivity index (χ3n) is 3.39. The Hall–Kier alpha value is -0.0400. The second-order valence-electron chi connectivity index (χ2n) is 4.04. The van der Waals surface area contributed by atoms with E-state index >= 15 is 0 Å². The molecule has 0 aromatic heterocycles. The van der Waals surface area contributed by atoms with Crippen molar-refractivity contribution in [3.8, 4) is 0 Å². The van der Waals surface area contributed by atoms with Gasteiger partial charge in [0.05, 0.1) is 0 Å². The molecule has 0 radical (unpaired) electrons. The van der Waals surface area contributed by atoms with Crippen molar-refractivity contribution in [3.05, 3.63) is 0 Å². The van der Waals surface area contributed by atoms with E-state index in [2.05, 4.69) is 20.8 Å². The molecule has 0 aliphatic heterocycles. The number of hydrogen-bond donors (Lipinski definition) is 1. The summed E-state index contributed by atoms with van der Waals surface area (Å²) in [6.07, 6.45) is 2.50. The molecule has 10 heavy (non-hydrogen) atoms. The second kappa shape index (κ2) is 2.54. The van der Waals surface area contributed by atoms with Gasteiger partial charge in [0.25, 0.3) is 0 Å². The zero-order valence-corrected chi connectivity index (χ0v) is 7.22. The van der Waals surface area contributed by atoms with Crippen LogP contribution < -0.4 is 0 Å². The van der Waals surface area contributed by atoms with E-state index in [1.807, 2.05) is 0 Å². The van der Waals surface area contributed by atoms with Crippen LogP contribution in [0.5, 0.6) is 0 Å². The van der Waals surface area contributed by atoms with Crippen LogP contribution in [-0.4, -0.2) is 11.7 Å². The molecule has 0 saturated heterocycles. The predicted octanol–water partition coefficient (Wildman–Crippen LogP) is 2.05. The lowest BCUT2D eigenvalue weighted by Crippen LogP contribution is -2.46. The molecule has 0 aromatic rings. The highest BCUT2D eigenvalue weighted by Crippen LogP contribution is 2.52. The first-order valence-electron chi connectivity index (χ1n) is 4.23. The highest BCUT2D eigenvalue weighted by molar-refractivity contribution is 4.95. The molecule has 0 heterocycles. The SMILES string of the molecule is CCC1CC(CO)C1(C)C. The Kier molecular flexibility index (Phi) is 2.04. The van der Waals surface area contributed by atoms with Crippen LogP contribution in [0.15, 0.2) is 0 Å². The van der Waals surface area contributed by atoms with Crippen molar-refractivity contribution in [1.29, 1.82) is 0 Å². The molecule has 1 N–H and O–H groups in total. The van der Waals surface area contributed by atoms with Crippen LogP contribution in [0.25, 0.3) is 0 Å². The maximum absolute atomic E-state index is 8.93. The molecule has 2 unspecified atom stereocenters. The summed E-state index contributed by atoms with van der Waals surface area (Å²) in [5.74, 6) is 1.42. The van der Waals surface area contributed by atoms with E-state index in [-0.39, 0.29) is 0 Å². The summed E-state index contributed by atoms with van der Waals surface area (Å²) < 4.78 is 0. The Morgan fingerprint density at radius 3 is 2.30 bits per heavy atom. The van der Waals surface area contributed by atoms with Crippen molar-refractivity contribution >= 4 is 0 Å². The Labute approximate surface area is 63.4 Å². The van der Waals surface area contributed by atoms with E-state index in [1.54, 1.807) is 0 Å². The average molecular weight is 142 g/mol. The van der Waals surface area contributed by atoms with Gasteiger partial charge in [0.15, 0.2) is 0 Å². The molecular weight excluding hydrogens is 124 g/mol. The van der Waals surface area contributed by atoms with E-state index in [4.69, 9.17) is 5.11 Å². The molecule has 1 heteroatoms. The fourth-order valence-corrected chi connectivity index (χ4v) is 2.13. The van der Waals surface area contributed by atoms with E-state index in [0.29, 0.717) is 17.9 Å². The normalized spacial score (nSPS) is 37.2. The molecule has 1 rings (SSSR count). The molecule has 1 aliphatic rings. The monoisotopic (exact) mass is 142 g/mol. The summed E-state index contributed by atoms with van der Waals surface area (Å²) in [6.45, 7) is 7.15. The Balaban J connectivity index is 2.47. The minimum Gasteiger partial charge on any atom is -0.396 e. The smallest absolute Gasteiger partial charge is 0.0464 e. The molecule has 60 valence electrons. The van der Waals surface area contributed by atoms with Crippen molar-refractivity contribution in [2.75, 3.05) is 6.61 Å². The van der Waals surface area contributed by atoms with Crippen molar-refractivity contribution in [3.63, 3.8) is 0 Å².